The molecule has 1 aromatic heterocycles. The van der Waals surface area contributed by atoms with Crippen LogP contribution in [0.25, 0.3) is 11.3 Å². The molecular weight excluding hydrogens is 440 g/mol. The van der Waals surface area contributed by atoms with Gasteiger partial charge in [-0.2, -0.15) is 0 Å². The van der Waals surface area contributed by atoms with Crippen molar-refractivity contribution in [3.8, 4) is 17.0 Å². The smallest absolute Gasteiger partial charge is 0.343 e. The van der Waals surface area contributed by atoms with Gasteiger partial charge in [0.05, 0.1) is 23.9 Å². The van der Waals surface area contributed by atoms with Crippen molar-refractivity contribution < 1.29 is 14.3 Å². The first-order valence-corrected chi connectivity index (χ1v) is 11.3. The maximum absolute atomic E-state index is 12.8. The number of benzene rings is 2. The Morgan fingerprint density at radius 3 is 2.52 bits per heavy atom. The molecule has 2 heterocycles. The zero-order chi connectivity index (χ0) is 23.8. The normalized spacial score (nSPS) is 12.7. The Bertz CT molecular complexity index is 1250. The molecule has 0 unspecified atom stereocenters. The van der Waals surface area contributed by atoms with Gasteiger partial charge < -0.3 is 14.5 Å². The molecule has 0 radical (unpaired) electrons. The van der Waals surface area contributed by atoms with E-state index in [-0.39, 0.29) is 23.1 Å². The second kappa shape index (κ2) is 8.94. The van der Waals surface area contributed by atoms with Crippen LogP contribution in [0.2, 0.25) is 5.02 Å². The monoisotopic (exact) mass is 466 g/mol. The molecule has 0 bridgehead atoms. The number of pyridine rings is 1. The Kier molecular flexibility index (Phi) is 6.21. The van der Waals surface area contributed by atoms with Crippen molar-refractivity contribution in [2.45, 2.75) is 46.4 Å². The number of carbonyl (C=O) groups is 1. The van der Waals surface area contributed by atoms with E-state index in [0.29, 0.717) is 29.6 Å². The van der Waals surface area contributed by atoms with Gasteiger partial charge in [0.1, 0.15) is 17.9 Å². The summed E-state index contributed by atoms with van der Waals surface area (Å²) in [4.78, 5) is 25.1. The Labute approximate surface area is 198 Å². The lowest BCUT2D eigenvalue weighted by atomic mass is 9.97. The number of ether oxygens (including phenoxy) is 2. The van der Waals surface area contributed by atoms with Gasteiger partial charge in [-0.1, -0.05) is 41.9 Å². The number of hydrogen-bond acceptors (Lipinski definition) is 5. The molecule has 6 nitrogen and oxygen atoms in total. The summed E-state index contributed by atoms with van der Waals surface area (Å²) in [6.45, 7) is 9.10. The summed E-state index contributed by atoms with van der Waals surface area (Å²) in [7, 11) is 0. The van der Waals surface area contributed by atoms with E-state index in [1.807, 2.05) is 47.1 Å². The molecule has 7 heteroatoms. The van der Waals surface area contributed by atoms with E-state index in [4.69, 9.17) is 21.1 Å². The average Bonchev–Trinajstić information content (AvgIpc) is 2.77. The van der Waals surface area contributed by atoms with Gasteiger partial charge in [-0.25, -0.2) is 4.79 Å². The summed E-state index contributed by atoms with van der Waals surface area (Å²) in [5.41, 5.74) is 2.86. The SMILES string of the molecule is CCOC(=O)c1cn2c(cc1=O)-c1cc(Cl)c(OCc3ccccc3)cc1CN2C(C)(C)C. The van der Waals surface area contributed by atoms with E-state index in [2.05, 4.69) is 25.8 Å². The van der Waals surface area contributed by atoms with Crippen LogP contribution in [0.1, 0.15) is 49.2 Å². The van der Waals surface area contributed by atoms with Crippen LogP contribution in [-0.2, 0) is 17.9 Å². The van der Waals surface area contributed by atoms with E-state index in [9.17, 15) is 9.59 Å². The van der Waals surface area contributed by atoms with E-state index >= 15 is 0 Å². The minimum atomic E-state index is -0.625. The van der Waals surface area contributed by atoms with E-state index in [0.717, 1.165) is 16.7 Å². The lowest BCUT2D eigenvalue weighted by molar-refractivity contribution is 0.0523. The third-order valence-electron chi connectivity index (χ3n) is 5.55. The van der Waals surface area contributed by atoms with Crippen LogP contribution in [0.5, 0.6) is 5.75 Å². The molecule has 33 heavy (non-hydrogen) atoms. The minimum absolute atomic E-state index is 0.00668. The third kappa shape index (κ3) is 4.62. The topological polar surface area (TPSA) is 60.8 Å². The van der Waals surface area contributed by atoms with Gasteiger partial charge in [-0.05, 0) is 51.0 Å². The zero-order valence-electron chi connectivity index (χ0n) is 19.2. The van der Waals surface area contributed by atoms with Crippen molar-refractivity contribution in [3.63, 3.8) is 0 Å². The molecule has 1 aliphatic heterocycles. The summed E-state index contributed by atoms with van der Waals surface area (Å²) in [5.74, 6) is -0.0350. The predicted octanol–water partition coefficient (Wildman–Crippen LogP) is 5.17. The molecule has 0 N–H and O–H groups in total. The highest BCUT2D eigenvalue weighted by molar-refractivity contribution is 6.32. The number of carbonyl (C=O) groups excluding carboxylic acids is 1. The van der Waals surface area contributed by atoms with Crippen molar-refractivity contribution in [2.24, 2.45) is 0 Å². The number of halogens is 1. The number of aromatic nitrogens is 1. The highest BCUT2D eigenvalue weighted by atomic mass is 35.5. The van der Waals surface area contributed by atoms with Gasteiger partial charge in [0.25, 0.3) is 0 Å². The van der Waals surface area contributed by atoms with Crippen molar-refractivity contribution in [2.75, 3.05) is 11.6 Å². The Balaban J connectivity index is 1.78. The van der Waals surface area contributed by atoms with Crippen LogP contribution >= 0.6 is 11.6 Å². The Hall–Kier alpha value is -3.25. The molecule has 2 aromatic carbocycles. The largest absolute Gasteiger partial charge is 0.487 e. The quantitative estimate of drug-likeness (QED) is 0.485. The van der Waals surface area contributed by atoms with Gasteiger partial charge in [-0.3, -0.25) is 9.47 Å². The summed E-state index contributed by atoms with van der Waals surface area (Å²) < 4.78 is 13.0. The van der Waals surface area contributed by atoms with Crippen LogP contribution < -0.4 is 15.2 Å². The van der Waals surface area contributed by atoms with Crippen LogP contribution in [-0.4, -0.2) is 22.8 Å². The molecule has 0 saturated heterocycles. The second-order valence-corrected chi connectivity index (χ2v) is 9.35. The number of rotatable bonds is 5. The van der Waals surface area contributed by atoms with Crippen LogP contribution in [0, 0.1) is 0 Å². The summed E-state index contributed by atoms with van der Waals surface area (Å²) in [5, 5.41) is 2.56. The Morgan fingerprint density at radius 1 is 1.12 bits per heavy atom. The number of esters is 1. The molecule has 1 aliphatic rings. The van der Waals surface area contributed by atoms with Gasteiger partial charge in [0.15, 0.2) is 5.43 Å². The van der Waals surface area contributed by atoms with E-state index in [1.165, 1.54) is 6.07 Å². The second-order valence-electron chi connectivity index (χ2n) is 8.94. The fourth-order valence-corrected chi connectivity index (χ4v) is 4.11. The van der Waals surface area contributed by atoms with Gasteiger partial charge in [0, 0.05) is 23.4 Å². The summed E-state index contributed by atoms with van der Waals surface area (Å²) >= 11 is 6.58. The lowest BCUT2D eigenvalue weighted by Crippen LogP contribution is -2.51. The third-order valence-corrected chi connectivity index (χ3v) is 5.85. The number of hydrogen-bond donors (Lipinski definition) is 0. The lowest BCUT2D eigenvalue weighted by Gasteiger charge is -2.44. The maximum atomic E-state index is 12.8. The molecular formula is C26H27ClN2O4. The van der Waals surface area contributed by atoms with Crippen molar-refractivity contribution in [3.05, 3.63) is 86.7 Å². The first kappa shape index (κ1) is 22.9. The van der Waals surface area contributed by atoms with Crippen LogP contribution in [0.15, 0.2) is 59.5 Å². The predicted molar refractivity (Wildman–Crippen MR) is 130 cm³/mol. The molecule has 0 spiro atoms. The standard InChI is InChI=1S/C26H27ClN2O4/c1-5-32-25(31)20-15-28-22(13-23(20)30)19-12-21(27)24(33-16-17-9-7-6-8-10-17)11-18(19)14-29(28)26(2,3)4/h6-13,15H,5,14,16H2,1-4H3. The molecule has 0 aliphatic carbocycles. The van der Waals surface area contributed by atoms with Crippen molar-refractivity contribution in [1.29, 1.82) is 0 Å². The van der Waals surface area contributed by atoms with Gasteiger partial charge in [0.2, 0.25) is 0 Å². The van der Waals surface area contributed by atoms with E-state index < -0.39 is 5.97 Å². The summed E-state index contributed by atoms with van der Waals surface area (Å²) in [6.07, 6.45) is 1.57. The molecule has 0 amide bonds. The molecule has 0 saturated carbocycles. The first-order chi connectivity index (χ1) is 15.7. The highest BCUT2D eigenvalue weighted by Crippen LogP contribution is 2.38. The van der Waals surface area contributed by atoms with Gasteiger partial charge in [-0.15, -0.1) is 0 Å². The first-order valence-electron chi connectivity index (χ1n) is 10.9. The van der Waals surface area contributed by atoms with E-state index in [1.54, 1.807) is 13.1 Å². The zero-order valence-corrected chi connectivity index (χ0v) is 20.0. The highest BCUT2D eigenvalue weighted by Gasteiger charge is 2.31. The van der Waals surface area contributed by atoms with Crippen LogP contribution in [0.4, 0.5) is 0 Å². The Morgan fingerprint density at radius 2 is 1.85 bits per heavy atom. The van der Waals surface area contributed by atoms with Crippen LogP contribution in [0.3, 0.4) is 0 Å². The fraction of sp³-hybridized carbons (Fsp3) is 0.308. The number of nitrogens with zero attached hydrogens (tertiary/aromatic N) is 2. The molecule has 3 aromatic rings. The van der Waals surface area contributed by atoms with Crippen molar-refractivity contribution in [1.82, 2.24) is 4.68 Å². The van der Waals surface area contributed by atoms with Gasteiger partial charge >= 0.3 is 5.97 Å². The minimum Gasteiger partial charge on any atom is -0.487 e. The maximum Gasteiger partial charge on any atom is 0.343 e. The number of fused-ring (bicyclic) bond motifs is 3. The molecule has 172 valence electrons. The molecule has 0 fully saturated rings. The molecule has 0 atom stereocenters. The molecule has 4 rings (SSSR count). The average molecular weight is 467 g/mol. The summed E-state index contributed by atoms with van der Waals surface area (Å²) in [6, 6.07) is 15.1. The fourth-order valence-electron chi connectivity index (χ4n) is 3.90. The van der Waals surface area contributed by atoms with Crippen molar-refractivity contribution >= 4 is 17.6 Å².